The Morgan fingerprint density at radius 1 is 1.50 bits per heavy atom. The summed E-state index contributed by atoms with van der Waals surface area (Å²) in [7, 11) is 4.06. The van der Waals surface area contributed by atoms with Crippen molar-refractivity contribution in [1.82, 2.24) is 4.90 Å². The van der Waals surface area contributed by atoms with Crippen molar-refractivity contribution in [2.24, 2.45) is 5.73 Å². The number of nitrogen functional groups attached to an aromatic ring is 1. The number of nitrogens with two attached hydrogens (primary N) is 2. The second-order valence-electron chi connectivity index (χ2n) is 4.96. The van der Waals surface area contributed by atoms with Gasteiger partial charge in [-0.2, -0.15) is 0 Å². The Morgan fingerprint density at radius 3 is 2.67 bits per heavy atom. The van der Waals surface area contributed by atoms with Crippen molar-refractivity contribution in [3.8, 4) is 0 Å². The van der Waals surface area contributed by atoms with Crippen LogP contribution in [-0.4, -0.2) is 38.0 Å². The normalized spacial score (nSPS) is 15.1. The summed E-state index contributed by atoms with van der Waals surface area (Å²) in [5, 5.41) is 4.39. The van der Waals surface area contributed by atoms with E-state index >= 15 is 0 Å². The Kier molecular flexibility index (Phi) is 3.77. The Bertz CT molecular complexity index is 451. The molecule has 1 amide bonds. The summed E-state index contributed by atoms with van der Waals surface area (Å²) in [6.07, 6.45) is 2.31. The number of hydrogen-bond donors (Lipinski definition) is 3. The highest BCUT2D eigenvalue weighted by Crippen LogP contribution is 2.50. The van der Waals surface area contributed by atoms with Crippen LogP contribution < -0.4 is 16.8 Å². The van der Waals surface area contributed by atoms with Crippen molar-refractivity contribution >= 4 is 27.9 Å². The Balaban J connectivity index is 2.17. The molecule has 100 valence electrons. The molecule has 1 aliphatic rings. The first kappa shape index (κ1) is 13.2. The molecule has 0 aliphatic heterocycles. The lowest BCUT2D eigenvalue weighted by molar-refractivity contribution is 0.100. The van der Waals surface area contributed by atoms with E-state index in [1.54, 1.807) is 0 Å². The van der Waals surface area contributed by atoms with Gasteiger partial charge in [-0.3, -0.25) is 4.79 Å². The highest BCUT2D eigenvalue weighted by Gasteiger charge is 2.32. The predicted molar refractivity (Wildman–Crippen MR) is 76.3 cm³/mol. The molecule has 1 heterocycles. The minimum Gasteiger partial charge on any atom is -0.397 e. The molecular formula is C12H20N4OS. The van der Waals surface area contributed by atoms with Crippen molar-refractivity contribution in [1.29, 1.82) is 0 Å². The molecule has 1 aromatic heterocycles. The number of amides is 1. The molecule has 0 atom stereocenters. The van der Waals surface area contributed by atoms with Crippen LogP contribution in [0.25, 0.3) is 0 Å². The molecule has 0 aromatic carbocycles. The SMILES string of the molecule is CN(C)CCNc1sc(C(N)=O)c(N)c1C1CC1. The number of thiophene rings is 1. The van der Waals surface area contributed by atoms with E-state index in [4.69, 9.17) is 11.5 Å². The quantitative estimate of drug-likeness (QED) is 0.725. The summed E-state index contributed by atoms with van der Waals surface area (Å²) in [6.45, 7) is 1.78. The standard InChI is InChI=1S/C12H20N4OS/c1-16(2)6-5-15-12-8(7-3-4-7)9(13)10(18-12)11(14)17/h7,15H,3-6,13H2,1-2H3,(H2,14,17). The van der Waals surface area contributed by atoms with Crippen LogP contribution in [0, 0.1) is 0 Å². The van der Waals surface area contributed by atoms with Crippen molar-refractivity contribution in [2.75, 3.05) is 38.2 Å². The van der Waals surface area contributed by atoms with E-state index in [1.807, 2.05) is 14.1 Å². The van der Waals surface area contributed by atoms with E-state index in [2.05, 4.69) is 10.2 Å². The number of carbonyl (C=O) groups excluding carboxylic acids is 1. The fraction of sp³-hybridized carbons (Fsp3) is 0.583. The summed E-state index contributed by atoms with van der Waals surface area (Å²) in [5.74, 6) is 0.0799. The maximum atomic E-state index is 11.3. The number of hydrogen-bond acceptors (Lipinski definition) is 5. The van der Waals surface area contributed by atoms with Gasteiger partial charge < -0.3 is 21.7 Å². The Morgan fingerprint density at radius 2 is 2.17 bits per heavy atom. The van der Waals surface area contributed by atoms with Crippen LogP contribution >= 0.6 is 11.3 Å². The lowest BCUT2D eigenvalue weighted by atomic mass is 10.1. The summed E-state index contributed by atoms with van der Waals surface area (Å²) >= 11 is 1.39. The van der Waals surface area contributed by atoms with Gasteiger partial charge in [-0.25, -0.2) is 0 Å². The van der Waals surface area contributed by atoms with Crippen LogP contribution in [0.1, 0.15) is 34.0 Å². The molecule has 0 saturated heterocycles. The maximum Gasteiger partial charge on any atom is 0.260 e. The largest absolute Gasteiger partial charge is 0.397 e. The van der Waals surface area contributed by atoms with Crippen LogP contribution in [0.15, 0.2) is 0 Å². The van der Waals surface area contributed by atoms with Gasteiger partial charge in [-0.15, -0.1) is 11.3 Å². The molecule has 0 spiro atoms. The Hall–Kier alpha value is -1.27. The van der Waals surface area contributed by atoms with Gasteiger partial charge in [0, 0.05) is 18.7 Å². The second kappa shape index (κ2) is 5.16. The first-order valence-electron chi connectivity index (χ1n) is 6.11. The summed E-state index contributed by atoms with van der Waals surface area (Å²) < 4.78 is 0. The smallest absolute Gasteiger partial charge is 0.260 e. The predicted octanol–water partition coefficient (Wildman–Crippen LogP) is 1.28. The maximum absolute atomic E-state index is 11.3. The van der Waals surface area contributed by atoms with Crippen molar-refractivity contribution in [3.05, 3.63) is 10.4 Å². The molecule has 1 fully saturated rings. The molecule has 1 saturated carbocycles. The van der Waals surface area contributed by atoms with Crippen LogP contribution in [0.5, 0.6) is 0 Å². The number of primary amides is 1. The fourth-order valence-electron chi connectivity index (χ4n) is 1.94. The van der Waals surface area contributed by atoms with Crippen LogP contribution in [0.3, 0.4) is 0 Å². The zero-order valence-electron chi connectivity index (χ0n) is 10.8. The van der Waals surface area contributed by atoms with E-state index in [0.717, 1.165) is 36.5 Å². The number of nitrogens with one attached hydrogen (secondary N) is 1. The van der Waals surface area contributed by atoms with Crippen molar-refractivity contribution < 1.29 is 4.79 Å². The zero-order chi connectivity index (χ0) is 13.3. The highest BCUT2D eigenvalue weighted by molar-refractivity contribution is 7.18. The van der Waals surface area contributed by atoms with E-state index < -0.39 is 5.91 Å². The topological polar surface area (TPSA) is 84.4 Å². The summed E-state index contributed by atoms with van der Waals surface area (Å²) in [6, 6.07) is 0. The zero-order valence-corrected chi connectivity index (χ0v) is 11.6. The number of rotatable bonds is 6. The number of nitrogens with zero attached hydrogens (tertiary/aromatic N) is 1. The lowest BCUT2D eigenvalue weighted by Gasteiger charge is -2.11. The first-order chi connectivity index (χ1) is 8.50. The average Bonchev–Trinajstić information content (AvgIpc) is 3.04. The van der Waals surface area contributed by atoms with Gasteiger partial charge in [0.25, 0.3) is 5.91 Å². The summed E-state index contributed by atoms with van der Waals surface area (Å²) in [5.41, 5.74) is 13.1. The van der Waals surface area contributed by atoms with Crippen LogP contribution in [0.2, 0.25) is 0 Å². The number of anilines is 2. The van der Waals surface area contributed by atoms with Gasteiger partial charge in [-0.1, -0.05) is 0 Å². The van der Waals surface area contributed by atoms with Crippen molar-refractivity contribution in [3.63, 3.8) is 0 Å². The first-order valence-corrected chi connectivity index (χ1v) is 6.93. The molecule has 1 aromatic rings. The van der Waals surface area contributed by atoms with Crippen molar-refractivity contribution in [2.45, 2.75) is 18.8 Å². The van der Waals surface area contributed by atoms with Crippen LogP contribution in [-0.2, 0) is 0 Å². The van der Waals surface area contributed by atoms with E-state index in [1.165, 1.54) is 11.3 Å². The van der Waals surface area contributed by atoms with Crippen LogP contribution in [0.4, 0.5) is 10.7 Å². The van der Waals surface area contributed by atoms with Gasteiger partial charge in [0.1, 0.15) is 4.88 Å². The summed E-state index contributed by atoms with van der Waals surface area (Å²) in [4.78, 5) is 13.9. The number of likely N-dealkylation sites (N-methyl/N-ethyl adjacent to an activating group) is 1. The van der Waals surface area contributed by atoms with E-state index in [0.29, 0.717) is 16.5 Å². The lowest BCUT2D eigenvalue weighted by Crippen LogP contribution is -2.20. The van der Waals surface area contributed by atoms with Gasteiger partial charge in [-0.05, 0) is 32.9 Å². The molecule has 0 radical (unpaired) electrons. The Labute approximate surface area is 111 Å². The highest BCUT2D eigenvalue weighted by atomic mass is 32.1. The minimum absolute atomic E-state index is 0.431. The third kappa shape index (κ3) is 2.76. The van der Waals surface area contributed by atoms with E-state index in [9.17, 15) is 4.79 Å². The molecule has 0 bridgehead atoms. The second-order valence-corrected chi connectivity index (χ2v) is 5.98. The molecule has 18 heavy (non-hydrogen) atoms. The third-order valence-electron chi connectivity index (χ3n) is 3.04. The number of carbonyl (C=O) groups is 1. The van der Waals surface area contributed by atoms with Gasteiger partial charge in [0.05, 0.1) is 10.7 Å². The van der Waals surface area contributed by atoms with E-state index in [-0.39, 0.29) is 0 Å². The molecule has 2 rings (SSSR count). The minimum atomic E-state index is -0.431. The molecule has 6 heteroatoms. The fourth-order valence-corrected chi connectivity index (χ4v) is 3.03. The molecule has 1 aliphatic carbocycles. The van der Waals surface area contributed by atoms with Gasteiger partial charge >= 0.3 is 0 Å². The molecule has 5 N–H and O–H groups in total. The molecule has 0 unspecified atom stereocenters. The third-order valence-corrected chi connectivity index (χ3v) is 4.23. The van der Waals surface area contributed by atoms with Gasteiger partial charge in [0.15, 0.2) is 0 Å². The average molecular weight is 268 g/mol. The molecular weight excluding hydrogens is 248 g/mol. The molecule has 5 nitrogen and oxygen atoms in total. The monoisotopic (exact) mass is 268 g/mol. The van der Waals surface area contributed by atoms with Gasteiger partial charge in [0.2, 0.25) is 0 Å².